The van der Waals surface area contributed by atoms with Crippen molar-refractivity contribution in [2.45, 2.75) is 13.2 Å². The van der Waals surface area contributed by atoms with Crippen LogP contribution in [0.15, 0.2) is 36.5 Å². The fourth-order valence-electron chi connectivity index (χ4n) is 1.70. The molecule has 2 rings (SSSR count). The third kappa shape index (κ3) is 2.64. The molecule has 1 heterocycles. The summed E-state index contributed by atoms with van der Waals surface area (Å²) >= 11 is 5.93. The van der Waals surface area contributed by atoms with Gasteiger partial charge in [-0.05, 0) is 35.4 Å². The van der Waals surface area contributed by atoms with Crippen molar-refractivity contribution in [3.8, 4) is 11.3 Å². The van der Waals surface area contributed by atoms with Gasteiger partial charge in [0.25, 0.3) is 0 Å². The summed E-state index contributed by atoms with van der Waals surface area (Å²) in [6, 6.07) is 9.17. The number of aliphatic hydroxyl groups excluding tert-OH is 1. The zero-order valence-electron chi connectivity index (χ0n) is 9.23. The number of aliphatic hydroxyl groups is 1. The molecular weight excluding hydrogens is 236 g/mol. The van der Waals surface area contributed by atoms with Crippen LogP contribution in [0.25, 0.3) is 11.3 Å². The van der Waals surface area contributed by atoms with Gasteiger partial charge in [-0.3, -0.25) is 4.98 Å². The van der Waals surface area contributed by atoms with Crippen LogP contribution in [0.4, 0.5) is 0 Å². The van der Waals surface area contributed by atoms with Gasteiger partial charge in [0.05, 0.1) is 12.3 Å². The maximum absolute atomic E-state index is 9.11. The van der Waals surface area contributed by atoms with Crippen LogP contribution in [-0.2, 0) is 13.2 Å². The number of hydrogen-bond donors (Lipinski definition) is 2. The number of rotatable bonds is 3. The number of hydrogen-bond acceptors (Lipinski definition) is 3. The van der Waals surface area contributed by atoms with Gasteiger partial charge in [0.15, 0.2) is 0 Å². The molecule has 1 aromatic carbocycles. The Balaban J connectivity index is 2.51. The number of nitrogens with zero attached hydrogens (tertiary/aromatic N) is 1. The zero-order chi connectivity index (χ0) is 12.3. The minimum atomic E-state index is 0.00106. The average Bonchev–Trinajstić information content (AvgIpc) is 2.38. The Bertz CT molecular complexity index is 529. The third-order valence-corrected chi connectivity index (χ3v) is 2.81. The van der Waals surface area contributed by atoms with E-state index in [4.69, 9.17) is 22.4 Å². The molecule has 0 saturated carbocycles. The highest BCUT2D eigenvalue weighted by Gasteiger charge is 2.06. The third-order valence-electron chi connectivity index (χ3n) is 2.57. The Morgan fingerprint density at radius 1 is 1.24 bits per heavy atom. The summed E-state index contributed by atoms with van der Waals surface area (Å²) in [7, 11) is 0. The fourth-order valence-corrected chi connectivity index (χ4v) is 1.90. The Labute approximate surface area is 105 Å². The number of nitrogens with two attached hydrogens (primary N) is 1. The summed E-state index contributed by atoms with van der Waals surface area (Å²) in [6.45, 7) is 0.405. The van der Waals surface area contributed by atoms with Gasteiger partial charge in [0.2, 0.25) is 0 Å². The summed E-state index contributed by atoms with van der Waals surface area (Å²) < 4.78 is 0. The lowest BCUT2D eigenvalue weighted by Gasteiger charge is -2.08. The molecular formula is C13H13ClN2O. The minimum Gasteiger partial charge on any atom is -0.392 e. The molecule has 0 bridgehead atoms. The van der Waals surface area contributed by atoms with Gasteiger partial charge in [-0.25, -0.2) is 0 Å². The number of benzene rings is 1. The molecule has 0 spiro atoms. The fraction of sp³-hybridized carbons (Fsp3) is 0.154. The Hall–Kier alpha value is -1.42. The van der Waals surface area contributed by atoms with Crippen LogP contribution in [0.3, 0.4) is 0 Å². The van der Waals surface area contributed by atoms with Crippen LogP contribution in [-0.4, -0.2) is 10.1 Å². The number of pyridine rings is 1. The summed E-state index contributed by atoms with van der Waals surface area (Å²) in [5.74, 6) is 0. The van der Waals surface area contributed by atoms with Crippen LogP contribution in [0.2, 0.25) is 5.02 Å². The predicted octanol–water partition coefficient (Wildman–Crippen LogP) is 2.35. The van der Waals surface area contributed by atoms with Crippen LogP contribution >= 0.6 is 11.6 Å². The molecule has 0 radical (unpaired) electrons. The second-order valence-corrected chi connectivity index (χ2v) is 4.15. The highest BCUT2D eigenvalue weighted by atomic mass is 35.5. The van der Waals surface area contributed by atoms with E-state index >= 15 is 0 Å². The quantitative estimate of drug-likeness (QED) is 0.877. The molecule has 1 aromatic heterocycles. The van der Waals surface area contributed by atoms with Crippen LogP contribution in [0.1, 0.15) is 11.1 Å². The first-order valence-corrected chi connectivity index (χ1v) is 5.67. The highest BCUT2D eigenvalue weighted by Crippen LogP contribution is 2.25. The van der Waals surface area contributed by atoms with Gasteiger partial charge < -0.3 is 10.8 Å². The largest absolute Gasteiger partial charge is 0.392 e. The monoisotopic (exact) mass is 248 g/mol. The number of halogens is 1. The molecule has 88 valence electrons. The smallest absolute Gasteiger partial charge is 0.0708 e. The molecule has 17 heavy (non-hydrogen) atoms. The van der Waals surface area contributed by atoms with Crippen molar-refractivity contribution in [2.24, 2.45) is 5.73 Å². The molecule has 0 unspecified atom stereocenters. The molecule has 0 aliphatic carbocycles. The SMILES string of the molecule is NCc1cc(Cl)ccc1-c1cc(CO)ccn1. The maximum Gasteiger partial charge on any atom is 0.0708 e. The summed E-state index contributed by atoms with van der Waals surface area (Å²) in [4.78, 5) is 4.29. The van der Waals surface area contributed by atoms with E-state index in [1.165, 1.54) is 0 Å². The Morgan fingerprint density at radius 3 is 2.76 bits per heavy atom. The standard InChI is InChI=1S/C13H13ClN2O/c14-11-1-2-12(10(6-11)7-15)13-5-9(8-17)3-4-16-13/h1-6,17H,7-8,15H2. The first-order chi connectivity index (χ1) is 8.24. The second kappa shape index (κ2) is 5.27. The molecule has 2 aromatic rings. The average molecular weight is 249 g/mol. The summed E-state index contributed by atoms with van der Waals surface area (Å²) in [6.07, 6.45) is 1.68. The first kappa shape index (κ1) is 12.0. The van der Waals surface area contributed by atoms with Gasteiger partial charge in [-0.1, -0.05) is 17.7 Å². The highest BCUT2D eigenvalue weighted by molar-refractivity contribution is 6.30. The van der Waals surface area contributed by atoms with Crippen molar-refractivity contribution in [1.29, 1.82) is 0 Å². The van der Waals surface area contributed by atoms with E-state index in [2.05, 4.69) is 4.98 Å². The molecule has 0 atom stereocenters. The van der Waals surface area contributed by atoms with Crippen LogP contribution in [0.5, 0.6) is 0 Å². The minimum absolute atomic E-state index is 0.00106. The van der Waals surface area contributed by atoms with Crippen molar-refractivity contribution >= 4 is 11.6 Å². The normalized spacial score (nSPS) is 10.5. The van der Waals surface area contributed by atoms with Gasteiger partial charge in [-0.15, -0.1) is 0 Å². The van der Waals surface area contributed by atoms with Crippen molar-refractivity contribution in [3.05, 3.63) is 52.7 Å². The Kier molecular flexibility index (Phi) is 3.74. The molecule has 0 amide bonds. The molecule has 0 fully saturated rings. The Morgan fingerprint density at radius 2 is 2.06 bits per heavy atom. The second-order valence-electron chi connectivity index (χ2n) is 3.71. The molecule has 0 aliphatic rings. The van der Waals surface area contributed by atoms with E-state index in [0.29, 0.717) is 11.6 Å². The van der Waals surface area contributed by atoms with Gasteiger partial charge >= 0.3 is 0 Å². The van der Waals surface area contributed by atoms with E-state index in [0.717, 1.165) is 22.4 Å². The molecule has 0 saturated heterocycles. The van der Waals surface area contributed by atoms with Gasteiger partial charge in [0, 0.05) is 23.3 Å². The zero-order valence-corrected chi connectivity index (χ0v) is 9.98. The van der Waals surface area contributed by atoms with E-state index in [-0.39, 0.29) is 6.61 Å². The predicted molar refractivity (Wildman–Crippen MR) is 68.5 cm³/mol. The maximum atomic E-state index is 9.11. The lowest BCUT2D eigenvalue weighted by molar-refractivity contribution is 0.282. The van der Waals surface area contributed by atoms with E-state index in [9.17, 15) is 0 Å². The van der Waals surface area contributed by atoms with E-state index < -0.39 is 0 Å². The lowest BCUT2D eigenvalue weighted by Crippen LogP contribution is -2.00. The van der Waals surface area contributed by atoms with Crippen molar-refractivity contribution in [1.82, 2.24) is 4.98 Å². The van der Waals surface area contributed by atoms with Crippen LogP contribution in [0, 0.1) is 0 Å². The molecule has 3 nitrogen and oxygen atoms in total. The number of aromatic nitrogens is 1. The lowest BCUT2D eigenvalue weighted by atomic mass is 10.0. The first-order valence-electron chi connectivity index (χ1n) is 5.29. The van der Waals surface area contributed by atoms with Gasteiger partial charge in [-0.2, -0.15) is 0 Å². The van der Waals surface area contributed by atoms with Gasteiger partial charge in [0.1, 0.15) is 0 Å². The van der Waals surface area contributed by atoms with Crippen molar-refractivity contribution in [2.75, 3.05) is 0 Å². The molecule has 4 heteroatoms. The summed E-state index contributed by atoms with van der Waals surface area (Å²) in [5.41, 5.74) is 9.21. The van der Waals surface area contributed by atoms with E-state index in [1.54, 1.807) is 12.3 Å². The molecule has 3 N–H and O–H groups in total. The summed E-state index contributed by atoms with van der Waals surface area (Å²) in [5, 5.41) is 9.77. The van der Waals surface area contributed by atoms with Crippen molar-refractivity contribution < 1.29 is 5.11 Å². The van der Waals surface area contributed by atoms with E-state index in [1.807, 2.05) is 24.3 Å². The van der Waals surface area contributed by atoms with Crippen molar-refractivity contribution in [3.63, 3.8) is 0 Å². The topological polar surface area (TPSA) is 59.1 Å². The van der Waals surface area contributed by atoms with Crippen LogP contribution < -0.4 is 5.73 Å². The molecule has 0 aliphatic heterocycles.